The van der Waals surface area contributed by atoms with E-state index in [4.69, 9.17) is 10.1 Å². The summed E-state index contributed by atoms with van der Waals surface area (Å²) in [6.07, 6.45) is 11.9. The molecule has 4 saturated carbocycles. The van der Waals surface area contributed by atoms with Crippen molar-refractivity contribution in [2.75, 3.05) is 0 Å². The SMILES string of the molecule is c1cncc(Cc2nc(C34CC5CC3C4C5)n(-c3ccnnc3)n2)c1. The quantitative estimate of drug-likeness (QED) is 0.734. The second-order valence-electron chi connectivity index (χ2n) is 7.70. The monoisotopic (exact) mass is 330 g/mol. The van der Waals surface area contributed by atoms with Crippen LogP contribution in [0.15, 0.2) is 43.0 Å². The first-order chi connectivity index (χ1) is 12.3. The van der Waals surface area contributed by atoms with Crippen molar-refractivity contribution in [3.05, 3.63) is 60.2 Å². The molecule has 6 heteroatoms. The molecule has 6 nitrogen and oxygen atoms in total. The third kappa shape index (κ3) is 1.82. The van der Waals surface area contributed by atoms with Crippen LogP contribution in [0.1, 0.15) is 36.5 Å². The van der Waals surface area contributed by atoms with Crippen molar-refractivity contribution in [3.63, 3.8) is 0 Å². The van der Waals surface area contributed by atoms with E-state index in [1.165, 1.54) is 19.3 Å². The van der Waals surface area contributed by atoms with Gasteiger partial charge in [0.25, 0.3) is 0 Å². The summed E-state index contributed by atoms with van der Waals surface area (Å²) >= 11 is 0. The van der Waals surface area contributed by atoms with Gasteiger partial charge < -0.3 is 0 Å². The summed E-state index contributed by atoms with van der Waals surface area (Å²) in [6.45, 7) is 0. The van der Waals surface area contributed by atoms with Crippen LogP contribution >= 0.6 is 0 Å². The van der Waals surface area contributed by atoms with Gasteiger partial charge in [-0.25, -0.2) is 9.67 Å². The van der Waals surface area contributed by atoms with Crippen LogP contribution in [0.3, 0.4) is 0 Å². The zero-order valence-corrected chi connectivity index (χ0v) is 13.8. The van der Waals surface area contributed by atoms with Crippen molar-refractivity contribution >= 4 is 0 Å². The van der Waals surface area contributed by atoms with E-state index in [1.54, 1.807) is 18.6 Å². The third-order valence-electron chi connectivity index (χ3n) is 6.47. The lowest BCUT2D eigenvalue weighted by atomic mass is 10.0. The summed E-state index contributed by atoms with van der Waals surface area (Å²) in [5, 5.41) is 12.8. The molecule has 4 aliphatic carbocycles. The van der Waals surface area contributed by atoms with Gasteiger partial charge in [0, 0.05) is 24.2 Å². The first-order valence-corrected chi connectivity index (χ1v) is 8.97. The Kier molecular flexibility index (Phi) is 2.57. The highest BCUT2D eigenvalue weighted by molar-refractivity contribution is 5.40. The maximum atomic E-state index is 5.03. The zero-order valence-electron chi connectivity index (χ0n) is 13.8. The van der Waals surface area contributed by atoms with Crippen molar-refractivity contribution in [1.29, 1.82) is 0 Å². The van der Waals surface area contributed by atoms with Crippen molar-refractivity contribution in [1.82, 2.24) is 29.9 Å². The number of hydrogen-bond donors (Lipinski definition) is 0. The van der Waals surface area contributed by atoms with Gasteiger partial charge in [-0.2, -0.15) is 15.3 Å². The van der Waals surface area contributed by atoms with Crippen LogP contribution in [0.5, 0.6) is 0 Å². The van der Waals surface area contributed by atoms with Gasteiger partial charge in [0.15, 0.2) is 5.82 Å². The van der Waals surface area contributed by atoms with Gasteiger partial charge in [0.05, 0.1) is 18.1 Å². The Labute approximate surface area is 145 Å². The highest BCUT2D eigenvalue weighted by atomic mass is 15.4. The summed E-state index contributed by atoms with van der Waals surface area (Å²) in [5.41, 5.74) is 2.37. The normalized spacial score (nSPS) is 31.4. The molecule has 2 unspecified atom stereocenters. The Balaban J connectivity index is 1.45. The topological polar surface area (TPSA) is 69.4 Å². The van der Waals surface area contributed by atoms with E-state index >= 15 is 0 Å². The first kappa shape index (κ1) is 13.6. The summed E-state index contributed by atoms with van der Waals surface area (Å²) in [6, 6.07) is 6.00. The van der Waals surface area contributed by atoms with Gasteiger partial charge in [-0.05, 0) is 54.7 Å². The molecule has 3 aromatic heterocycles. The average Bonchev–Trinajstić information content (AvgIpc) is 3.23. The van der Waals surface area contributed by atoms with E-state index in [0.717, 1.165) is 40.7 Å². The van der Waals surface area contributed by atoms with Crippen LogP contribution in [-0.4, -0.2) is 29.9 Å². The predicted molar refractivity (Wildman–Crippen MR) is 90.0 cm³/mol. The van der Waals surface area contributed by atoms with E-state index in [0.29, 0.717) is 6.42 Å². The molecule has 0 N–H and O–H groups in total. The Morgan fingerprint density at radius 1 is 1.08 bits per heavy atom. The number of rotatable bonds is 4. The zero-order chi connectivity index (χ0) is 16.4. The Morgan fingerprint density at radius 2 is 2.00 bits per heavy atom. The summed E-state index contributed by atoms with van der Waals surface area (Å²) in [7, 11) is 0. The van der Waals surface area contributed by atoms with Crippen molar-refractivity contribution in [2.45, 2.75) is 31.1 Å². The first-order valence-electron chi connectivity index (χ1n) is 8.97. The van der Waals surface area contributed by atoms with E-state index in [9.17, 15) is 0 Å². The minimum atomic E-state index is 0.272. The maximum Gasteiger partial charge on any atom is 0.155 e. The molecule has 0 aliphatic heterocycles. The second-order valence-corrected chi connectivity index (χ2v) is 7.70. The van der Waals surface area contributed by atoms with Gasteiger partial charge in [0.1, 0.15) is 5.82 Å². The Bertz CT molecular complexity index is 923. The van der Waals surface area contributed by atoms with Crippen LogP contribution in [0.2, 0.25) is 0 Å². The Hall–Kier alpha value is -2.63. The van der Waals surface area contributed by atoms with Gasteiger partial charge in [0.2, 0.25) is 0 Å². The molecule has 3 aromatic rings. The number of aromatic nitrogens is 6. The largest absolute Gasteiger partial charge is 0.264 e. The molecule has 0 radical (unpaired) electrons. The summed E-state index contributed by atoms with van der Waals surface area (Å²) in [5.74, 6) is 4.55. The maximum absolute atomic E-state index is 5.03. The molecule has 4 fully saturated rings. The van der Waals surface area contributed by atoms with Crippen LogP contribution < -0.4 is 0 Å². The van der Waals surface area contributed by atoms with E-state index in [-0.39, 0.29) is 5.41 Å². The lowest BCUT2D eigenvalue weighted by Crippen LogP contribution is -2.15. The molecule has 4 bridgehead atoms. The van der Waals surface area contributed by atoms with Crippen LogP contribution in [0.4, 0.5) is 0 Å². The lowest BCUT2D eigenvalue weighted by molar-refractivity contribution is 0.570. The summed E-state index contributed by atoms with van der Waals surface area (Å²) in [4.78, 5) is 9.24. The molecule has 25 heavy (non-hydrogen) atoms. The molecule has 3 heterocycles. The third-order valence-corrected chi connectivity index (χ3v) is 6.47. The smallest absolute Gasteiger partial charge is 0.155 e. The van der Waals surface area contributed by atoms with Gasteiger partial charge in [-0.15, -0.1) is 0 Å². The predicted octanol–water partition coefficient (Wildman–Crippen LogP) is 2.34. The highest BCUT2D eigenvalue weighted by Crippen LogP contribution is 2.79. The molecule has 0 amide bonds. The minimum absolute atomic E-state index is 0.272. The lowest BCUT2D eigenvalue weighted by Gasteiger charge is -2.12. The number of pyridine rings is 1. The van der Waals surface area contributed by atoms with Gasteiger partial charge in [-0.3, -0.25) is 4.98 Å². The van der Waals surface area contributed by atoms with E-state index < -0.39 is 0 Å². The molecule has 7 rings (SSSR count). The van der Waals surface area contributed by atoms with Crippen molar-refractivity contribution < 1.29 is 0 Å². The second kappa shape index (κ2) is 4.71. The summed E-state index contributed by atoms with van der Waals surface area (Å²) < 4.78 is 2.03. The molecule has 4 aliphatic rings. The number of hydrogen-bond acceptors (Lipinski definition) is 5. The van der Waals surface area contributed by atoms with Crippen LogP contribution in [0.25, 0.3) is 5.69 Å². The molecular weight excluding hydrogens is 312 g/mol. The van der Waals surface area contributed by atoms with Gasteiger partial charge in [-0.1, -0.05) is 6.07 Å². The average molecular weight is 330 g/mol. The van der Waals surface area contributed by atoms with Gasteiger partial charge >= 0.3 is 0 Å². The van der Waals surface area contributed by atoms with Crippen LogP contribution in [0, 0.1) is 17.8 Å². The van der Waals surface area contributed by atoms with Crippen molar-refractivity contribution in [2.24, 2.45) is 17.8 Å². The Morgan fingerprint density at radius 3 is 2.68 bits per heavy atom. The van der Waals surface area contributed by atoms with Crippen LogP contribution in [-0.2, 0) is 11.8 Å². The fraction of sp³-hybridized carbons (Fsp3) is 0.421. The molecule has 0 aromatic carbocycles. The highest BCUT2D eigenvalue weighted by Gasteiger charge is 2.76. The van der Waals surface area contributed by atoms with Crippen molar-refractivity contribution in [3.8, 4) is 5.69 Å². The van der Waals surface area contributed by atoms with E-state index in [1.807, 2.05) is 23.0 Å². The molecule has 2 atom stereocenters. The molecule has 124 valence electrons. The fourth-order valence-corrected chi connectivity index (χ4v) is 5.54. The number of nitrogens with zero attached hydrogens (tertiary/aromatic N) is 6. The fourth-order valence-electron chi connectivity index (χ4n) is 5.54. The van der Waals surface area contributed by atoms with E-state index in [2.05, 4.69) is 21.2 Å². The molecular formula is C19H18N6. The standard InChI is InChI=1S/C19H18N6/c1-2-12(10-20-4-1)8-17-23-18(19-9-13-6-15(19)16(19)7-13)25(24-17)14-3-5-21-22-11-14/h1-5,10-11,13,15-16H,6-9H2. The molecule has 0 spiro atoms. The minimum Gasteiger partial charge on any atom is -0.264 e. The molecule has 0 saturated heterocycles.